The summed E-state index contributed by atoms with van der Waals surface area (Å²) < 4.78 is 19.8. The van der Waals surface area contributed by atoms with E-state index in [1.807, 2.05) is 0 Å². The maximum absolute atomic E-state index is 13.9. The Morgan fingerprint density at radius 1 is 1.28 bits per heavy atom. The predicted octanol–water partition coefficient (Wildman–Crippen LogP) is 4.25. The number of hydrogen-bond donors (Lipinski definition) is 1. The normalized spacial score (nSPS) is 12.5. The quantitative estimate of drug-likeness (QED) is 0.920. The average Bonchev–Trinajstić information content (AvgIpc) is 2.67. The van der Waals surface area contributed by atoms with Crippen LogP contribution in [0.15, 0.2) is 24.3 Å². The molecule has 0 bridgehead atoms. The number of ether oxygens (including phenoxy) is 1. The van der Waals surface area contributed by atoms with Crippen LogP contribution >= 0.6 is 34.5 Å². The highest BCUT2D eigenvalue weighted by molar-refractivity contribution is 7.20. The molecule has 0 aliphatic carbocycles. The second kappa shape index (κ2) is 5.45. The van der Waals surface area contributed by atoms with Gasteiger partial charge in [0.05, 0.1) is 21.8 Å². The van der Waals surface area contributed by atoms with Gasteiger partial charge in [-0.1, -0.05) is 29.3 Å². The fourth-order valence-corrected chi connectivity index (χ4v) is 3.17. The van der Waals surface area contributed by atoms with Crippen molar-refractivity contribution in [1.29, 1.82) is 0 Å². The molecule has 2 N–H and O–H groups in total. The number of halogens is 3. The van der Waals surface area contributed by atoms with Gasteiger partial charge >= 0.3 is 0 Å². The largest absolute Gasteiger partial charge is 0.497 e. The van der Waals surface area contributed by atoms with Gasteiger partial charge in [0.1, 0.15) is 11.6 Å². The van der Waals surface area contributed by atoms with Gasteiger partial charge in [-0.2, -0.15) is 0 Å². The van der Waals surface area contributed by atoms with Crippen molar-refractivity contribution in [2.24, 2.45) is 5.73 Å². The molecule has 0 fully saturated rings. The highest BCUT2D eigenvalue weighted by Gasteiger charge is 2.19. The van der Waals surface area contributed by atoms with Crippen LogP contribution in [-0.2, 0) is 0 Å². The van der Waals surface area contributed by atoms with Gasteiger partial charge in [-0.05, 0) is 12.1 Å². The third kappa shape index (κ3) is 2.62. The minimum atomic E-state index is -0.646. The number of hydrogen-bond acceptors (Lipinski definition) is 3. The van der Waals surface area contributed by atoms with Gasteiger partial charge in [0.2, 0.25) is 0 Å². The van der Waals surface area contributed by atoms with Crippen LogP contribution in [0.25, 0.3) is 0 Å². The molecule has 1 heterocycles. The first-order valence-corrected chi connectivity index (χ1v) is 6.64. The first kappa shape index (κ1) is 13.6. The van der Waals surface area contributed by atoms with Gasteiger partial charge in [-0.3, -0.25) is 0 Å². The Kier molecular flexibility index (Phi) is 4.12. The van der Waals surface area contributed by atoms with Crippen LogP contribution in [0.4, 0.5) is 4.39 Å². The summed E-state index contributed by atoms with van der Waals surface area (Å²) in [5, 5.41) is 0. The van der Waals surface area contributed by atoms with Crippen LogP contribution in [0.1, 0.15) is 17.2 Å². The zero-order chi connectivity index (χ0) is 13.3. The Hall–Kier alpha value is -0.810. The number of benzene rings is 1. The van der Waals surface area contributed by atoms with Crippen molar-refractivity contribution < 1.29 is 9.13 Å². The standard InChI is InChI=1S/C12H10Cl2FNOS/c1-17-6-2-3-7(9(15)4-6)11(16)8-5-10(13)18-12(8)14/h2-5,11H,16H2,1H3. The molecule has 0 spiro atoms. The Morgan fingerprint density at radius 2 is 2.00 bits per heavy atom. The van der Waals surface area contributed by atoms with E-state index in [1.165, 1.54) is 24.5 Å². The summed E-state index contributed by atoms with van der Waals surface area (Å²) in [5.41, 5.74) is 6.98. The average molecular weight is 306 g/mol. The van der Waals surface area contributed by atoms with Gasteiger partial charge < -0.3 is 10.5 Å². The van der Waals surface area contributed by atoms with Crippen molar-refractivity contribution in [3.63, 3.8) is 0 Å². The highest BCUT2D eigenvalue weighted by atomic mass is 35.5. The number of methoxy groups -OCH3 is 1. The van der Waals surface area contributed by atoms with Crippen molar-refractivity contribution in [2.75, 3.05) is 7.11 Å². The van der Waals surface area contributed by atoms with Gasteiger partial charge in [0, 0.05) is 17.2 Å². The lowest BCUT2D eigenvalue weighted by molar-refractivity contribution is 0.410. The van der Waals surface area contributed by atoms with E-state index in [0.717, 1.165) is 0 Å². The fraction of sp³-hybridized carbons (Fsp3) is 0.167. The molecule has 18 heavy (non-hydrogen) atoms. The number of nitrogens with two attached hydrogens (primary N) is 1. The van der Waals surface area contributed by atoms with Gasteiger partial charge in [0.15, 0.2) is 0 Å². The monoisotopic (exact) mass is 305 g/mol. The van der Waals surface area contributed by atoms with E-state index in [9.17, 15) is 4.39 Å². The van der Waals surface area contributed by atoms with E-state index >= 15 is 0 Å². The minimum absolute atomic E-state index is 0.354. The van der Waals surface area contributed by atoms with Crippen molar-refractivity contribution in [3.05, 3.63) is 49.9 Å². The Morgan fingerprint density at radius 3 is 2.50 bits per heavy atom. The first-order chi connectivity index (χ1) is 8.52. The maximum atomic E-state index is 13.9. The lowest BCUT2D eigenvalue weighted by atomic mass is 10.0. The molecule has 96 valence electrons. The highest BCUT2D eigenvalue weighted by Crippen LogP contribution is 2.37. The van der Waals surface area contributed by atoms with Crippen molar-refractivity contribution in [2.45, 2.75) is 6.04 Å². The Labute approximate surface area is 118 Å². The molecule has 1 unspecified atom stereocenters. The molecular weight excluding hydrogens is 296 g/mol. The lowest BCUT2D eigenvalue weighted by Crippen LogP contribution is -2.13. The van der Waals surface area contributed by atoms with E-state index in [-0.39, 0.29) is 0 Å². The Balaban J connectivity index is 2.39. The van der Waals surface area contributed by atoms with Crippen LogP contribution in [0.5, 0.6) is 5.75 Å². The van der Waals surface area contributed by atoms with Gasteiger partial charge in [-0.25, -0.2) is 4.39 Å². The third-order valence-electron chi connectivity index (χ3n) is 2.56. The molecule has 2 aromatic rings. The van der Waals surface area contributed by atoms with E-state index in [1.54, 1.807) is 18.2 Å². The predicted molar refractivity (Wildman–Crippen MR) is 73.3 cm³/mol. The second-order valence-electron chi connectivity index (χ2n) is 3.64. The summed E-state index contributed by atoms with van der Waals surface area (Å²) >= 11 is 13.1. The molecule has 0 aliphatic rings. The van der Waals surface area contributed by atoms with Gasteiger partial charge in [0.25, 0.3) is 0 Å². The second-order valence-corrected chi connectivity index (χ2v) is 5.93. The molecule has 0 saturated heterocycles. The molecule has 1 aromatic carbocycles. The summed E-state index contributed by atoms with van der Waals surface area (Å²) in [7, 11) is 1.48. The SMILES string of the molecule is COc1ccc(C(N)c2cc(Cl)sc2Cl)c(F)c1. The maximum Gasteiger partial charge on any atom is 0.132 e. The van der Waals surface area contributed by atoms with Crippen molar-refractivity contribution in [3.8, 4) is 5.75 Å². The zero-order valence-electron chi connectivity index (χ0n) is 9.41. The molecule has 0 radical (unpaired) electrons. The summed E-state index contributed by atoms with van der Waals surface area (Å²) in [6, 6.07) is 5.54. The molecule has 0 amide bonds. The summed E-state index contributed by atoms with van der Waals surface area (Å²) in [4.78, 5) is 0. The molecule has 2 rings (SSSR count). The fourth-order valence-electron chi connectivity index (χ4n) is 1.62. The summed E-state index contributed by atoms with van der Waals surface area (Å²) in [5.74, 6) is 0.0122. The van der Waals surface area contributed by atoms with E-state index < -0.39 is 11.9 Å². The van der Waals surface area contributed by atoms with Crippen LogP contribution < -0.4 is 10.5 Å². The topological polar surface area (TPSA) is 35.2 Å². The van der Waals surface area contributed by atoms with Crippen molar-refractivity contribution in [1.82, 2.24) is 0 Å². The summed E-state index contributed by atoms with van der Waals surface area (Å²) in [6.07, 6.45) is 0. The molecule has 2 nitrogen and oxygen atoms in total. The van der Waals surface area contributed by atoms with Crippen LogP contribution in [0.2, 0.25) is 8.67 Å². The smallest absolute Gasteiger partial charge is 0.132 e. The molecule has 1 atom stereocenters. The van der Waals surface area contributed by atoms with Crippen LogP contribution in [-0.4, -0.2) is 7.11 Å². The van der Waals surface area contributed by atoms with Crippen LogP contribution in [0.3, 0.4) is 0 Å². The molecule has 0 saturated carbocycles. The van der Waals surface area contributed by atoms with Crippen LogP contribution in [0, 0.1) is 5.82 Å². The molecular formula is C12H10Cl2FNOS. The third-order valence-corrected chi connectivity index (χ3v) is 4.08. The Bertz CT molecular complexity index is 573. The molecule has 0 aliphatic heterocycles. The van der Waals surface area contributed by atoms with E-state index in [4.69, 9.17) is 33.7 Å². The first-order valence-electron chi connectivity index (χ1n) is 5.06. The molecule has 1 aromatic heterocycles. The lowest BCUT2D eigenvalue weighted by Gasteiger charge is -2.13. The van der Waals surface area contributed by atoms with Gasteiger partial charge in [-0.15, -0.1) is 11.3 Å². The van der Waals surface area contributed by atoms with Crippen molar-refractivity contribution >= 4 is 34.5 Å². The molecule has 6 heteroatoms. The number of thiophene rings is 1. The zero-order valence-corrected chi connectivity index (χ0v) is 11.7. The summed E-state index contributed by atoms with van der Waals surface area (Å²) in [6.45, 7) is 0. The minimum Gasteiger partial charge on any atom is -0.497 e. The van der Waals surface area contributed by atoms with E-state index in [0.29, 0.717) is 25.5 Å². The van der Waals surface area contributed by atoms with E-state index in [2.05, 4.69) is 0 Å². The number of rotatable bonds is 3.